The van der Waals surface area contributed by atoms with Crippen LogP contribution in [0.3, 0.4) is 0 Å². The summed E-state index contributed by atoms with van der Waals surface area (Å²) in [5.41, 5.74) is 1.35. The lowest BCUT2D eigenvalue weighted by atomic mass is 9.84. The normalized spacial score (nSPS) is 35.5. The highest BCUT2D eigenvalue weighted by atomic mass is 79.9. The molecule has 0 amide bonds. The van der Waals surface area contributed by atoms with Crippen LogP contribution in [-0.2, 0) is 0 Å². The van der Waals surface area contributed by atoms with Crippen molar-refractivity contribution < 1.29 is 9.47 Å². The number of alkyl halides is 1. The van der Waals surface area contributed by atoms with Crippen LogP contribution in [0.1, 0.15) is 43.0 Å². The van der Waals surface area contributed by atoms with Crippen LogP contribution >= 0.6 is 15.9 Å². The highest BCUT2D eigenvalue weighted by Gasteiger charge is 2.42. The average molecular weight is 351 g/mol. The lowest BCUT2D eigenvalue weighted by molar-refractivity contribution is 0.228. The van der Waals surface area contributed by atoms with Crippen molar-refractivity contribution >= 4 is 15.9 Å². The summed E-state index contributed by atoms with van der Waals surface area (Å²) in [5, 5.41) is 0. The van der Waals surface area contributed by atoms with E-state index >= 15 is 0 Å². The summed E-state index contributed by atoms with van der Waals surface area (Å²) in [4.78, 5) is 0.461. The first-order chi connectivity index (χ1) is 10.2. The number of fused-ring (bicyclic) bond motifs is 3. The first kappa shape index (κ1) is 13.9. The second kappa shape index (κ2) is 5.49. The molecule has 0 aromatic heterocycles. The minimum absolute atomic E-state index is 0.450. The Hall–Kier alpha value is -0.700. The summed E-state index contributed by atoms with van der Waals surface area (Å²) >= 11 is 3.98. The molecule has 0 spiro atoms. The van der Waals surface area contributed by atoms with Gasteiger partial charge in [0.05, 0.1) is 13.2 Å². The van der Waals surface area contributed by atoms with Gasteiger partial charge in [-0.3, -0.25) is 0 Å². The van der Waals surface area contributed by atoms with Gasteiger partial charge in [0.1, 0.15) is 0 Å². The smallest absolute Gasteiger partial charge is 0.161 e. The Morgan fingerprint density at radius 2 is 1.90 bits per heavy atom. The third-order valence-electron chi connectivity index (χ3n) is 5.50. The minimum atomic E-state index is 0.450. The van der Waals surface area contributed by atoms with Crippen LogP contribution in [0, 0.1) is 23.7 Å². The van der Waals surface area contributed by atoms with E-state index in [2.05, 4.69) is 41.1 Å². The zero-order valence-electron chi connectivity index (χ0n) is 12.6. The molecule has 3 heteroatoms. The van der Waals surface area contributed by atoms with E-state index in [1.807, 2.05) is 0 Å². The molecular weight excluding hydrogens is 328 g/mol. The predicted octanol–water partition coefficient (Wildman–Crippen LogP) is 4.97. The van der Waals surface area contributed by atoms with Crippen molar-refractivity contribution in [3.05, 3.63) is 23.8 Å². The lowest BCUT2D eigenvalue weighted by Crippen LogP contribution is -2.15. The summed E-state index contributed by atoms with van der Waals surface area (Å²) in [7, 11) is 0. The Labute approximate surface area is 135 Å². The van der Waals surface area contributed by atoms with Crippen LogP contribution in [-0.4, -0.2) is 13.2 Å². The van der Waals surface area contributed by atoms with Gasteiger partial charge in [0.25, 0.3) is 0 Å². The summed E-state index contributed by atoms with van der Waals surface area (Å²) in [6, 6.07) is 6.49. The van der Waals surface area contributed by atoms with Gasteiger partial charge in [0.2, 0.25) is 0 Å². The minimum Gasteiger partial charge on any atom is -0.489 e. The number of halogens is 1. The quantitative estimate of drug-likeness (QED) is 0.701. The Bertz CT molecular complexity index is 530. The monoisotopic (exact) mass is 350 g/mol. The SMILES string of the molecule is CC1COc2ccc(C(Br)C3CC4CCC3C4)cc2OC1. The fourth-order valence-corrected chi connectivity index (χ4v) is 5.27. The highest BCUT2D eigenvalue weighted by Crippen LogP contribution is 2.55. The number of rotatable bonds is 2. The number of hydrogen-bond donors (Lipinski definition) is 0. The number of benzene rings is 1. The summed E-state index contributed by atoms with van der Waals surface area (Å²) in [6.07, 6.45) is 5.74. The topological polar surface area (TPSA) is 18.5 Å². The van der Waals surface area contributed by atoms with Gasteiger partial charge >= 0.3 is 0 Å². The molecule has 2 fully saturated rings. The van der Waals surface area contributed by atoms with Gasteiger partial charge in [-0.25, -0.2) is 0 Å². The van der Waals surface area contributed by atoms with E-state index in [4.69, 9.17) is 9.47 Å². The van der Waals surface area contributed by atoms with Crippen molar-refractivity contribution in [2.45, 2.75) is 37.4 Å². The highest BCUT2D eigenvalue weighted by molar-refractivity contribution is 9.09. The fourth-order valence-electron chi connectivity index (χ4n) is 4.34. The molecule has 5 unspecified atom stereocenters. The van der Waals surface area contributed by atoms with Crippen LogP contribution in [0.5, 0.6) is 11.5 Å². The van der Waals surface area contributed by atoms with Gasteiger partial charge in [0.15, 0.2) is 11.5 Å². The Morgan fingerprint density at radius 3 is 2.62 bits per heavy atom. The maximum Gasteiger partial charge on any atom is 0.161 e. The molecule has 2 nitrogen and oxygen atoms in total. The first-order valence-corrected chi connectivity index (χ1v) is 9.16. The molecule has 1 aliphatic heterocycles. The maximum absolute atomic E-state index is 5.93. The molecule has 2 aliphatic carbocycles. The van der Waals surface area contributed by atoms with E-state index < -0.39 is 0 Å². The van der Waals surface area contributed by atoms with Crippen molar-refractivity contribution in [3.8, 4) is 11.5 Å². The molecule has 0 saturated heterocycles. The Kier molecular flexibility index (Phi) is 3.64. The predicted molar refractivity (Wildman–Crippen MR) is 87.2 cm³/mol. The molecule has 114 valence electrons. The molecule has 1 heterocycles. The van der Waals surface area contributed by atoms with Crippen molar-refractivity contribution in [1.82, 2.24) is 0 Å². The van der Waals surface area contributed by atoms with E-state index in [1.165, 1.54) is 31.2 Å². The molecule has 1 aromatic carbocycles. The van der Waals surface area contributed by atoms with Gasteiger partial charge in [-0.15, -0.1) is 0 Å². The van der Waals surface area contributed by atoms with E-state index in [0.29, 0.717) is 10.7 Å². The Balaban J connectivity index is 1.55. The molecule has 3 aliphatic rings. The summed E-state index contributed by atoms with van der Waals surface area (Å²) in [6.45, 7) is 3.66. The zero-order chi connectivity index (χ0) is 14.4. The van der Waals surface area contributed by atoms with Crippen LogP contribution < -0.4 is 9.47 Å². The fraction of sp³-hybridized carbons (Fsp3) is 0.667. The van der Waals surface area contributed by atoms with Gasteiger partial charge in [-0.1, -0.05) is 35.3 Å². The second-order valence-corrected chi connectivity index (χ2v) is 8.16. The van der Waals surface area contributed by atoms with Crippen LogP contribution in [0.15, 0.2) is 18.2 Å². The summed E-state index contributed by atoms with van der Waals surface area (Å²) in [5.74, 6) is 4.98. The summed E-state index contributed by atoms with van der Waals surface area (Å²) < 4.78 is 11.8. The van der Waals surface area contributed by atoms with Gasteiger partial charge < -0.3 is 9.47 Å². The molecule has 21 heavy (non-hydrogen) atoms. The first-order valence-electron chi connectivity index (χ1n) is 8.24. The second-order valence-electron chi connectivity index (χ2n) is 7.17. The molecule has 1 aromatic rings. The van der Waals surface area contributed by atoms with Crippen LogP contribution in [0.25, 0.3) is 0 Å². The maximum atomic E-state index is 5.93. The van der Waals surface area contributed by atoms with E-state index in [-0.39, 0.29) is 0 Å². The number of hydrogen-bond acceptors (Lipinski definition) is 2. The molecule has 5 atom stereocenters. The van der Waals surface area contributed by atoms with Crippen molar-refractivity contribution in [2.75, 3.05) is 13.2 Å². The lowest BCUT2D eigenvalue weighted by Gasteiger charge is -2.27. The van der Waals surface area contributed by atoms with Crippen LogP contribution in [0.4, 0.5) is 0 Å². The van der Waals surface area contributed by atoms with Crippen LogP contribution in [0.2, 0.25) is 0 Å². The molecule has 4 rings (SSSR count). The van der Waals surface area contributed by atoms with Crippen molar-refractivity contribution in [3.63, 3.8) is 0 Å². The van der Waals surface area contributed by atoms with E-state index in [0.717, 1.165) is 42.5 Å². The van der Waals surface area contributed by atoms with Gasteiger partial charge in [0, 0.05) is 10.7 Å². The van der Waals surface area contributed by atoms with Crippen molar-refractivity contribution in [1.29, 1.82) is 0 Å². The van der Waals surface area contributed by atoms with Crippen molar-refractivity contribution in [2.24, 2.45) is 23.7 Å². The number of ether oxygens (including phenoxy) is 2. The van der Waals surface area contributed by atoms with E-state index in [1.54, 1.807) is 0 Å². The van der Waals surface area contributed by atoms with E-state index in [9.17, 15) is 0 Å². The molecule has 0 radical (unpaired) electrons. The zero-order valence-corrected chi connectivity index (χ0v) is 14.1. The van der Waals surface area contributed by atoms with Gasteiger partial charge in [-0.2, -0.15) is 0 Å². The largest absolute Gasteiger partial charge is 0.489 e. The average Bonchev–Trinajstić information content (AvgIpc) is 3.08. The third kappa shape index (κ3) is 2.58. The third-order valence-corrected chi connectivity index (χ3v) is 6.71. The Morgan fingerprint density at radius 1 is 1.10 bits per heavy atom. The molecule has 2 saturated carbocycles. The standard InChI is InChI=1S/C18H23BrO2/c1-11-9-20-16-5-4-14(8-17(16)21-10-11)18(19)15-7-12-2-3-13(15)6-12/h4-5,8,11-13,15,18H,2-3,6-7,9-10H2,1H3. The van der Waals surface area contributed by atoms with Gasteiger partial charge in [-0.05, 0) is 54.7 Å². The molecule has 2 bridgehead atoms. The molecular formula is C18H23BrO2. The molecule has 0 N–H and O–H groups in total.